The Labute approximate surface area is 182 Å². The van der Waals surface area contributed by atoms with Crippen LogP contribution in [0.3, 0.4) is 0 Å². The summed E-state index contributed by atoms with van der Waals surface area (Å²) in [6.45, 7) is 7.97. The van der Waals surface area contributed by atoms with Gasteiger partial charge in [0.2, 0.25) is 0 Å². The lowest BCUT2D eigenvalue weighted by atomic mass is 9.73. The number of carbonyl (C=O) groups excluding carboxylic acids is 2. The van der Waals surface area contributed by atoms with Gasteiger partial charge >= 0.3 is 5.97 Å². The van der Waals surface area contributed by atoms with Gasteiger partial charge in [0.1, 0.15) is 0 Å². The molecule has 4 unspecified atom stereocenters. The Morgan fingerprint density at radius 2 is 2.19 bits per heavy atom. The summed E-state index contributed by atoms with van der Waals surface area (Å²) < 4.78 is 4.91. The van der Waals surface area contributed by atoms with E-state index in [0.717, 1.165) is 42.4 Å². The molecule has 1 aromatic heterocycles. The molecular weight excluding hydrogens is 392 g/mol. The molecule has 3 saturated heterocycles. The molecule has 2 bridgehead atoms. The first-order valence-electron chi connectivity index (χ1n) is 11.1. The van der Waals surface area contributed by atoms with Crippen molar-refractivity contribution in [1.82, 2.24) is 9.88 Å². The number of rotatable bonds is 8. The van der Waals surface area contributed by atoms with E-state index in [-0.39, 0.29) is 30.6 Å². The molecule has 6 heteroatoms. The van der Waals surface area contributed by atoms with Gasteiger partial charge in [-0.2, -0.15) is 0 Å². The summed E-state index contributed by atoms with van der Waals surface area (Å²) in [7, 11) is 0. The van der Waals surface area contributed by atoms with Gasteiger partial charge in [-0.05, 0) is 68.0 Å². The van der Waals surface area contributed by atoms with E-state index in [9.17, 15) is 14.7 Å². The highest BCUT2D eigenvalue weighted by molar-refractivity contribution is 6.01. The van der Waals surface area contributed by atoms with Crippen LogP contribution in [0.5, 0.6) is 0 Å². The number of nitrogens with zero attached hydrogens (tertiary/aromatic N) is 2. The number of aliphatic hydroxyl groups is 1. The third kappa shape index (κ3) is 4.41. The van der Waals surface area contributed by atoms with Crippen molar-refractivity contribution < 1.29 is 19.4 Å². The Kier molecular flexibility index (Phi) is 6.49. The number of hydrogen-bond acceptors (Lipinski definition) is 6. The second-order valence-corrected chi connectivity index (χ2v) is 8.55. The number of aromatic nitrogens is 1. The molecule has 5 rings (SSSR count). The number of Topliss-reactive ketones (excluding diaryl/α,β-unsaturated/α-hetero) is 1. The van der Waals surface area contributed by atoms with E-state index < -0.39 is 6.10 Å². The molecule has 1 aromatic carbocycles. The van der Waals surface area contributed by atoms with Crippen LogP contribution >= 0.6 is 0 Å². The summed E-state index contributed by atoms with van der Waals surface area (Å²) in [5.41, 5.74) is 2.08. The van der Waals surface area contributed by atoms with Crippen LogP contribution in [0, 0.1) is 11.8 Å². The summed E-state index contributed by atoms with van der Waals surface area (Å²) in [6, 6.07) is 7.26. The largest absolute Gasteiger partial charge is 0.466 e. The molecule has 3 fully saturated rings. The van der Waals surface area contributed by atoms with Crippen molar-refractivity contribution in [1.29, 1.82) is 0 Å². The fourth-order valence-electron chi connectivity index (χ4n) is 5.10. The number of pyridine rings is 1. The Morgan fingerprint density at radius 1 is 1.35 bits per heavy atom. The highest BCUT2D eigenvalue weighted by Crippen LogP contribution is 2.42. The lowest BCUT2D eigenvalue weighted by Crippen LogP contribution is -2.54. The van der Waals surface area contributed by atoms with Crippen molar-refractivity contribution in [2.24, 2.45) is 11.8 Å². The number of carbonyl (C=O) groups is 2. The van der Waals surface area contributed by atoms with Gasteiger partial charge in [0.25, 0.3) is 0 Å². The number of hydrogen-bond donors (Lipinski definition) is 1. The molecule has 0 aliphatic carbocycles. The van der Waals surface area contributed by atoms with Crippen LogP contribution in [0.1, 0.15) is 54.6 Å². The predicted molar refractivity (Wildman–Crippen MR) is 119 cm³/mol. The topological polar surface area (TPSA) is 79.7 Å². The molecular formula is C25H30N2O4. The van der Waals surface area contributed by atoms with Gasteiger partial charge in [0.05, 0.1) is 24.6 Å². The minimum atomic E-state index is -0.649. The maximum absolute atomic E-state index is 12.6. The van der Waals surface area contributed by atoms with E-state index >= 15 is 0 Å². The average Bonchev–Trinajstić information content (AvgIpc) is 2.81. The summed E-state index contributed by atoms with van der Waals surface area (Å²) in [5.74, 6) is 0.576. The fourth-order valence-corrected chi connectivity index (χ4v) is 5.10. The fraction of sp³-hybridized carbons (Fsp3) is 0.480. The number of esters is 1. The van der Waals surface area contributed by atoms with Gasteiger partial charge in [-0.3, -0.25) is 19.5 Å². The van der Waals surface area contributed by atoms with Crippen molar-refractivity contribution in [3.63, 3.8) is 0 Å². The third-order valence-corrected chi connectivity index (χ3v) is 6.80. The number of ketones is 1. The molecule has 164 valence electrons. The first-order valence-corrected chi connectivity index (χ1v) is 11.1. The highest BCUT2D eigenvalue weighted by Gasteiger charge is 2.42. The molecule has 0 saturated carbocycles. The Balaban J connectivity index is 1.57. The summed E-state index contributed by atoms with van der Waals surface area (Å²) in [6.07, 6.45) is 5.38. The van der Waals surface area contributed by atoms with Gasteiger partial charge in [0, 0.05) is 36.2 Å². The number of benzene rings is 1. The highest BCUT2D eigenvalue weighted by atomic mass is 16.5. The van der Waals surface area contributed by atoms with Gasteiger partial charge in [-0.25, -0.2) is 0 Å². The smallest absolute Gasteiger partial charge is 0.306 e. The van der Waals surface area contributed by atoms with Crippen LogP contribution in [-0.4, -0.2) is 52.5 Å². The zero-order valence-electron chi connectivity index (χ0n) is 18.0. The van der Waals surface area contributed by atoms with Crippen LogP contribution < -0.4 is 0 Å². The minimum absolute atomic E-state index is 0.0590. The molecule has 0 spiro atoms. The molecule has 0 radical (unpaired) electrons. The maximum atomic E-state index is 12.6. The van der Waals surface area contributed by atoms with Crippen LogP contribution in [0.2, 0.25) is 0 Å². The SMILES string of the molecule is C=CC1CN2CCC1CC2[C@@H](O)c1ccnc2ccc(C(=O)CCC(=O)OCC)cc12. The molecule has 2 aromatic rings. The van der Waals surface area contributed by atoms with E-state index in [1.807, 2.05) is 12.1 Å². The summed E-state index contributed by atoms with van der Waals surface area (Å²) in [4.78, 5) is 31.0. The monoisotopic (exact) mass is 422 g/mol. The van der Waals surface area contributed by atoms with Crippen LogP contribution in [-0.2, 0) is 9.53 Å². The molecule has 0 amide bonds. The molecule has 5 atom stereocenters. The second kappa shape index (κ2) is 9.28. The lowest BCUT2D eigenvalue weighted by molar-refractivity contribution is -0.143. The molecule has 31 heavy (non-hydrogen) atoms. The first kappa shape index (κ1) is 21.7. The molecule has 6 nitrogen and oxygen atoms in total. The first-order chi connectivity index (χ1) is 15.0. The predicted octanol–water partition coefficient (Wildman–Crippen LogP) is 3.69. The minimum Gasteiger partial charge on any atom is -0.466 e. The maximum Gasteiger partial charge on any atom is 0.306 e. The standard InChI is InChI=1S/C25H30N2O4/c1-3-16-15-27-12-10-17(16)14-22(27)25(30)19-9-11-26-21-6-5-18(13-20(19)21)23(28)7-8-24(29)31-4-2/h3,5-6,9,11,13,16-17,22,25,30H,1,4,7-8,10,12,14-15H2,2H3/t16?,17?,22?,25-/m0/s1. The zero-order chi connectivity index (χ0) is 22.0. The number of piperidine rings is 3. The summed E-state index contributed by atoms with van der Waals surface area (Å²) in [5, 5.41) is 12.1. The molecule has 3 aliphatic rings. The molecule has 4 heterocycles. The van der Waals surface area contributed by atoms with Crippen molar-refractivity contribution in [3.05, 3.63) is 54.2 Å². The molecule has 1 N–H and O–H groups in total. The van der Waals surface area contributed by atoms with Crippen LogP contribution in [0.15, 0.2) is 43.1 Å². The van der Waals surface area contributed by atoms with Crippen molar-refractivity contribution >= 4 is 22.7 Å². The van der Waals surface area contributed by atoms with Crippen molar-refractivity contribution in [2.45, 2.75) is 44.8 Å². The lowest BCUT2D eigenvalue weighted by Gasteiger charge is -2.50. The van der Waals surface area contributed by atoms with Gasteiger partial charge < -0.3 is 9.84 Å². The quantitative estimate of drug-likeness (QED) is 0.397. The zero-order valence-corrected chi connectivity index (χ0v) is 18.0. The van der Waals surface area contributed by atoms with E-state index in [1.165, 1.54) is 0 Å². The Morgan fingerprint density at radius 3 is 2.90 bits per heavy atom. The molecule has 3 aliphatic heterocycles. The normalized spacial score (nSPS) is 25.9. The van der Waals surface area contributed by atoms with Crippen molar-refractivity contribution in [3.8, 4) is 0 Å². The van der Waals surface area contributed by atoms with Gasteiger partial charge in [0.15, 0.2) is 5.78 Å². The van der Waals surface area contributed by atoms with E-state index in [4.69, 9.17) is 4.74 Å². The van der Waals surface area contributed by atoms with Crippen LogP contribution in [0.4, 0.5) is 0 Å². The number of ether oxygens (including phenoxy) is 1. The van der Waals surface area contributed by atoms with Gasteiger partial charge in [-0.1, -0.05) is 6.08 Å². The number of aliphatic hydroxyl groups excluding tert-OH is 1. The third-order valence-electron chi connectivity index (χ3n) is 6.80. The van der Waals surface area contributed by atoms with E-state index in [0.29, 0.717) is 24.0 Å². The second-order valence-electron chi connectivity index (χ2n) is 8.55. The average molecular weight is 423 g/mol. The van der Waals surface area contributed by atoms with Crippen LogP contribution in [0.25, 0.3) is 10.9 Å². The Hall–Kier alpha value is -2.57. The number of fused-ring (bicyclic) bond motifs is 4. The van der Waals surface area contributed by atoms with E-state index in [1.54, 1.807) is 25.3 Å². The van der Waals surface area contributed by atoms with E-state index in [2.05, 4.69) is 22.5 Å². The summed E-state index contributed by atoms with van der Waals surface area (Å²) >= 11 is 0. The van der Waals surface area contributed by atoms with Crippen molar-refractivity contribution in [2.75, 3.05) is 19.7 Å². The Bertz CT molecular complexity index is 989. The van der Waals surface area contributed by atoms with Gasteiger partial charge in [-0.15, -0.1) is 6.58 Å².